The minimum atomic E-state index is -0.709. The van der Waals surface area contributed by atoms with Gasteiger partial charge in [0.1, 0.15) is 16.8 Å². The van der Waals surface area contributed by atoms with Crippen molar-refractivity contribution in [2.75, 3.05) is 26.2 Å². The van der Waals surface area contributed by atoms with E-state index in [2.05, 4.69) is 10.6 Å². The molecule has 182 valence electrons. The molecule has 3 amide bonds. The van der Waals surface area contributed by atoms with E-state index in [0.29, 0.717) is 19.5 Å². The summed E-state index contributed by atoms with van der Waals surface area (Å²) in [5.41, 5.74) is 3.58. The average molecular weight is 447 g/mol. The number of alkyl carbamates (subject to hydrolysis) is 2. The zero-order valence-electron chi connectivity index (χ0n) is 20.6. The van der Waals surface area contributed by atoms with Crippen LogP contribution in [-0.2, 0) is 14.2 Å². The number of carbonyl (C=O) groups excluding carboxylic acids is 3. The lowest BCUT2D eigenvalue weighted by molar-refractivity contribution is 0.0131. The summed E-state index contributed by atoms with van der Waals surface area (Å²) in [5.74, 6) is 0. The Kier molecular flexibility index (Phi) is 11.1. The Morgan fingerprint density at radius 3 is 1.48 bits per heavy atom. The summed E-state index contributed by atoms with van der Waals surface area (Å²) >= 11 is 0. The first-order valence-corrected chi connectivity index (χ1v) is 10.6. The standard InChI is InChI=1S/C21H42N4O6/c1-19(2,3)29-16(26)23-13-15(14-24-17(27)30-20(4,5)6)25(12-10-11-22)18(28)31-21(7,8)9/h15H,10-14,22H2,1-9H3,(H,23,26)(H,24,27). The lowest BCUT2D eigenvalue weighted by Gasteiger charge is -2.34. The molecule has 0 atom stereocenters. The van der Waals surface area contributed by atoms with E-state index in [1.165, 1.54) is 4.90 Å². The van der Waals surface area contributed by atoms with E-state index in [9.17, 15) is 14.4 Å². The molecule has 0 aliphatic carbocycles. The number of nitrogens with zero attached hydrogens (tertiary/aromatic N) is 1. The van der Waals surface area contributed by atoms with Gasteiger partial charge in [-0.15, -0.1) is 0 Å². The second kappa shape index (κ2) is 12.0. The third-order valence-corrected chi connectivity index (χ3v) is 3.43. The van der Waals surface area contributed by atoms with Gasteiger partial charge >= 0.3 is 18.3 Å². The highest BCUT2D eigenvalue weighted by molar-refractivity contribution is 5.70. The normalized spacial score (nSPS) is 12.2. The van der Waals surface area contributed by atoms with Gasteiger partial charge in [-0.3, -0.25) is 0 Å². The van der Waals surface area contributed by atoms with Gasteiger partial charge in [-0.2, -0.15) is 0 Å². The molecule has 0 spiro atoms. The zero-order chi connectivity index (χ0) is 24.5. The molecular formula is C21H42N4O6. The van der Waals surface area contributed by atoms with Crippen LogP contribution in [0.25, 0.3) is 0 Å². The van der Waals surface area contributed by atoms with Crippen LogP contribution in [0.5, 0.6) is 0 Å². The lowest BCUT2D eigenvalue weighted by atomic mass is 10.2. The predicted molar refractivity (Wildman–Crippen MR) is 119 cm³/mol. The first-order valence-electron chi connectivity index (χ1n) is 10.6. The van der Waals surface area contributed by atoms with Crippen molar-refractivity contribution in [3.63, 3.8) is 0 Å². The summed E-state index contributed by atoms with van der Waals surface area (Å²) in [6, 6.07) is -0.610. The van der Waals surface area contributed by atoms with Crippen molar-refractivity contribution >= 4 is 18.3 Å². The van der Waals surface area contributed by atoms with Gasteiger partial charge in [-0.05, 0) is 75.3 Å². The number of ether oxygens (including phenoxy) is 3. The maximum atomic E-state index is 12.8. The third kappa shape index (κ3) is 15.3. The maximum Gasteiger partial charge on any atom is 0.410 e. The molecule has 0 saturated heterocycles. The first-order chi connectivity index (χ1) is 13.9. The molecule has 0 radical (unpaired) electrons. The van der Waals surface area contributed by atoms with Crippen molar-refractivity contribution in [2.24, 2.45) is 5.73 Å². The molecule has 0 aromatic rings. The summed E-state index contributed by atoms with van der Waals surface area (Å²) < 4.78 is 16.0. The van der Waals surface area contributed by atoms with E-state index in [4.69, 9.17) is 19.9 Å². The second-order valence-electron chi connectivity index (χ2n) is 10.2. The number of carbonyl (C=O) groups is 3. The SMILES string of the molecule is CC(C)(C)OC(=O)NCC(CNC(=O)OC(C)(C)C)N(CCCN)C(=O)OC(C)(C)C. The first kappa shape index (κ1) is 28.8. The molecule has 10 heteroatoms. The third-order valence-electron chi connectivity index (χ3n) is 3.43. The Bertz CT molecular complexity index is 558. The summed E-state index contributed by atoms with van der Waals surface area (Å²) in [6.07, 6.45) is -1.30. The van der Waals surface area contributed by atoms with Crippen LogP contribution in [0, 0.1) is 0 Å². The van der Waals surface area contributed by atoms with Crippen molar-refractivity contribution in [3.05, 3.63) is 0 Å². The van der Waals surface area contributed by atoms with Crippen LogP contribution in [0.1, 0.15) is 68.7 Å². The number of rotatable bonds is 8. The number of nitrogens with one attached hydrogen (secondary N) is 2. The smallest absolute Gasteiger partial charge is 0.410 e. The molecular weight excluding hydrogens is 404 g/mol. The van der Waals surface area contributed by atoms with Crippen LogP contribution in [0.4, 0.5) is 14.4 Å². The minimum absolute atomic E-state index is 0.0362. The van der Waals surface area contributed by atoms with Gasteiger partial charge in [0.05, 0.1) is 6.04 Å². The Hall–Kier alpha value is -2.23. The molecule has 0 aliphatic heterocycles. The Balaban J connectivity index is 5.45. The van der Waals surface area contributed by atoms with Crippen LogP contribution in [-0.4, -0.2) is 72.2 Å². The fourth-order valence-electron chi connectivity index (χ4n) is 2.33. The van der Waals surface area contributed by atoms with E-state index in [1.807, 2.05) is 0 Å². The quantitative estimate of drug-likeness (QED) is 0.488. The van der Waals surface area contributed by atoms with Crippen LogP contribution < -0.4 is 16.4 Å². The Labute approximate surface area is 186 Å². The van der Waals surface area contributed by atoms with Gasteiger partial charge in [0.25, 0.3) is 0 Å². The molecule has 31 heavy (non-hydrogen) atoms. The fourth-order valence-corrected chi connectivity index (χ4v) is 2.33. The summed E-state index contributed by atoms with van der Waals surface area (Å²) in [7, 11) is 0. The van der Waals surface area contributed by atoms with Crippen LogP contribution >= 0.6 is 0 Å². The van der Waals surface area contributed by atoms with Gasteiger partial charge in [-0.1, -0.05) is 0 Å². The molecule has 0 rings (SSSR count). The summed E-state index contributed by atoms with van der Waals surface area (Å²) in [5, 5.41) is 5.30. The monoisotopic (exact) mass is 446 g/mol. The highest BCUT2D eigenvalue weighted by atomic mass is 16.6. The molecule has 0 unspecified atom stereocenters. The molecule has 10 nitrogen and oxygen atoms in total. The number of amides is 3. The van der Waals surface area contributed by atoms with E-state index in [-0.39, 0.29) is 13.1 Å². The van der Waals surface area contributed by atoms with Gasteiger partial charge in [0.15, 0.2) is 0 Å². The van der Waals surface area contributed by atoms with Gasteiger partial charge in [0.2, 0.25) is 0 Å². The van der Waals surface area contributed by atoms with Crippen LogP contribution in [0.3, 0.4) is 0 Å². The molecule has 4 N–H and O–H groups in total. The van der Waals surface area contributed by atoms with E-state index in [0.717, 1.165) is 0 Å². The summed E-state index contributed by atoms with van der Waals surface area (Å²) in [4.78, 5) is 38.5. The maximum absolute atomic E-state index is 12.8. The predicted octanol–water partition coefficient (Wildman–Crippen LogP) is 2.99. The van der Waals surface area contributed by atoms with Crippen molar-refractivity contribution < 1.29 is 28.6 Å². The van der Waals surface area contributed by atoms with Crippen LogP contribution in [0.2, 0.25) is 0 Å². The van der Waals surface area contributed by atoms with Crippen LogP contribution in [0.15, 0.2) is 0 Å². The average Bonchev–Trinajstić information content (AvgIpc) is 2.51. The molecule has 0 bridgehead atoms. The van der Waals surface area contributed by atoms with E-state index < -0.39 is 41.1 Å². The van der Waals surface area contributed by atoms with Crippen molar-refractivity contribution in [1.82, 2.24) is 15.5 Å². The summed E-state index contributed by atoms with van der Waals surface area (Å²) in [6.45, 7) is 16.5. The van der Waals surface area contributed by atoms with Gasteiger partial charge < -0.3 is 35.5 Å². The minimum Gasteiger partial charge on any atom is -0.444 e. The lowest BCUT2D eigenvalue weighted by Crippen LogP contribution is -2.54. The second-order valence-corrected chi connectivity index (χ2v) is 10.2. The number of hydrogen-bond donors (Lipinski definition) is 3. The molecule has 0 aromatic heterocycles. The number of hydrogen-bond acceptors (Lipinski definition) is 7. The Morgan fingerprint density at radius 1 is 0.774 bits per heavy atom. The number of nitrogens with two attached hydrogens (primary N) is 1. The highest BCUT2D eigenvalue weighted by Gasteiger charge is 2.30. The fraction of sp³-hybridized carbons (Fsp3) is 0.857. The highest BCUT2D eigenvalue weighted by Crippen LogP contribution is 2.13. The van der Waals surface area contributed by atoms with E-state index >= 15 is 0 Å². The van der Waals surface area contributed by atoms with Crippen molar-refractivity contribution in [1.29, 1.82) is 0 Å². The molecule has 0 aromatic carbocycles. The van der Waals surface area contributed by atoms with Gasteiger partial charge in [-0.25, -0.2) is 14.4 Å². The molecule has 0 aliphatic rings. The topological polar surface area (TPSA) is 132 Å². The molecule has 0 saturated carbocycles. The van der Waals surface area contributed by atoms with E-state index in [1.54, 1.807) is 62.3 Å². The largest absolute Gasteiger partial charge is 0.444 e. The zero-order valence-corrected chi connectivity index (χ0v) is 20.6. The molecule has 0 fully saturated rings. The van der Waals surface area contributed by atoms with Crippen molar-refractivity contribution in [2.45, 2.75) is 91.6 Å². The van der Waals surface area contributed by atoms with Gasteiger partial charge in [0, 0.05) is 19.6 Å². The van der Waals surface area contributed by atoms with Crippen molar-refractivity contribution in [3.8, 4) is 0 Å². The Morgan fingerprint density at radius 2 is 1.16 bits per heavy atom. The molecule has 0 heterocycles.